The van der Waals surface area contributed by atoms with Gasteiger partial charge in [0.15, 0.2) is 0 Å². The molecule has 0 radical (unpaired) electrons. The number of pyridine rings is 1. The molecular weight excluding hydrogens is 431 g/mol. The number of piperidine rings is 1. The third kappa shape index (κ3) is 4.48. The summed E-state index contributed by atoms with van der Waals surface area (Å²) in [6.07, 6.45) is 2.81. The number of carbonyl (C=O) groups excluding carboxylic acids is 1. The molecule has 1 fully saturated rings. The van der Waals surface area contributed by atoms with Gasteiger partial charge in [-0.3, -0.25) is 4.79 Å². The molecule has 0 saturated carbocycles. The number of ether oxygens (including phenoxy) is 1. The number of hydrogen-bond acceptors (Lipinski definition) is 5. The molecule has 5 rings (SSSR count). The van der Waals surface area contributed by atoms with E-state index in [2.05, 4.69) is 29.5 Å². The van der Waals surface area contributed by atoms with E-state index in [1.54, 1.807) is 12.1 Å². The van der Waals surface area contributed by atoms with Gasteiger partial charge in [0.05, 0.1) is 0 Å². The Morgan fingerprint density at radius 3 is 2.41 bits per heavy atom. The number of anilines is 1. The number of fused-ring (bicyclic) bond motifs is 1. The molecule has 0 bridgehead atoms. The highest BCUT2D eigenvalue weighted by molar-refractivity contribution is 5.97. The zero-order valence-corrected chi connectivity index (χ0v) is 19.4. The lowest BCUT2D eigenvalue weighted by Gasteiger charge is -2.33. The van der Waals surface area contributed by atoms with Gasteiger partial charge in [-0.1, -0.05) is 24.3 Å². The van der Waals surface area contributed by atoms with Gasteiger partial charge in [0.2, 0.25) is 5.95 Å². The van der Waals surface area contributed by atoms with Crippen LogP contribution in [-0.4, -0.2) is 35.6 Å². The summed E-state index contributed by atoms with van der Waals surface area (Å²) in [6.45, 7) is 4.93. The van der Waals surface area contributed by atoms with Gasteiger partial charge in [-0.05, 0) is 74.1 Å². The largest absolute Gasteiger partial charge is 0.490 e. The highest BCUT2D eigenvalue weighted by Crippen LogP contribution is 2.34. The lowest BCUT2D eigenvalue weighted by molar-refractivity contribution is 0.0946. The summed E-state index contributed by atoms with van der Waals surface area (Å²) in [5, 5.41) is 6.36. The molecule has 1 aromatic heterocycles. The first-order valence-electron chi connectivity index (χ1n) is 11.8. The van der Waals surface area contributed by atoms with Gasteiger partial charge in [-0.25, -0.2) is 4.98 Å². The summed E-state index contributed by atoms with van der Waals surface area (Å²) in [6, 6.07) is 15.6. The Kier molecular flexibility index (Phi) is 5.96. The van der Waals surface area contributed by atoms with Gasteiger partial charge in [0.25, 0.3) is 5.91 Å². The fraction of sp³-hybridized carbons (Fsp3) is 0.333. The van der Waals surface area contributed by atoms with E-state index in [4.69, 9.17) is 10.5 Å². The quantitative estimate of drug-likeness (QED) is 0.505. The summed E-state index contributed by atoms with van der Waals surface area (Å²) in [7, 11) is 0. The first-order chi connectivity index (χ1) is 16.4. The lowest BCUT2D eigenvalue weighted by Crippen LogP contribution is -2.46. The molecule has 34 heavy (non-hydrogen) atoms. The van der Waals surface area contributed by atoms with E-state index in [9.17, 15) is 9.18 Å². The average Bonchev–Trinajstić information content (AvgIpc) is 2.79. The minimum Gasteiger partial charge on any atom is -0.490 e. The third-order valence-electron chi connectivity index (χ3n) is 6.62. The Hall–Kier alpha value is -3.45. The van der Waals surface area contributed by atoms with Crippen molar-refractivity contribution in [3.63, 3.8) is 0 Å². The number of halogens is 1. The number of amides is 1. The Labute approximate surface area is 198 Å². The van der Waals surface area contributed by atoms with Crippen LogP contribution >= 0.6 is 0 Å². The second-order valence-corrected chi connectivity index (χ2v) is 9.34. The van der Waals surface area contributed by atoms with Crippen molar-refractivity contribution < 1.29 is 13.9 Å². The molecule has 2 atom stereocenters. The van der Waals surface area contributed by atoms with Crippen LogP contribution in [0.2, 0.25) is 0 Å². The monoisotopic (exact) mass is 460 g/mol. The summed E-state index contributed by atoms with van der Waals surface area (Å²) >= 11 is 0. The van der Waals surface area contributed by atoms with Crippen molar-refractivity contribution >= 4 is 11.7 Å². The van der Waals surface area contributed by atoms with Gasteiger partial charge in [-0.15, -0.1) is 0 Å². The number of nitrogens with one attached hydrogen (secondary N) is 2. The molecule has 7 heteroatoms. The molecule has 3 aromatic rings. The van der Waals surface area contributed by atoms with Crippen molar-refractivity contribution in [2.24, 2.45) is 0 Å². The summed E-state index contributed by atoms with van der Waals surface area (Å²) in [5.74, 6) is 0.199. The molecule has 2 aromatic carbocycles. The molecule has 6 nitrogen and oxygen atoms in total. The van der Waals surface area contributed by atoms with E-state index in [1.165, 1.54) is 0 Å². The van der Waals surface area contributed by atoms with E-state index >= 15 is 0 Å². The zero-order chi connectivity index (χ0) is 23.8. The van der Waals surface area contributed by atoms with Crippen LogP contribution in [0.1, 0.15) is 42.6 Å². The van der Waals surface area contributed by atoms with Crippen LogP contribution in [0.4, 0.5) is 10.2 Å². The van der Waals surface area contributed by atoms with Crippen LogP contribution < -0.4 is 21.1 Å². The second-order valence-electron chi connectivity index (χ2n) is 9.34. The molecule has 0 spiro atoms. The molecule has 2 aliphatic heterocycles. The average molecular weight is 461 g/mol. The number of benzene rings is 2. The molecule has 176 valence electrons. The predicted molar refractivity (Wildman–Crippen MR) is 131 cm³/mol. The van der Waals surface area contributed by atoms with Crippen molar-refractivity contribution in [1.29, 1.82) is 0 Å². The highest BCUT2D eigenvalue weighted by atomic mass is 19.1. The maximum absolute atomic E-state index is 14.8. The van der Waals surface area contributed by atoms with Gasteiger partial charge in [0.1, 0.15) is 17.7 Å². The van der Waals surface area contributed by atoms with Crippen LogP contribution in [0.25, 0.3) is 22.3 Å². The van der Waals surface area contributed by atoms with Crippen molar-refractivity contribution in [2.75, 3.05) is 12.3 Å². The molecule has 4 N–H and O–H groups in total. The molecule has 3 heterocycles. The zero-order valence-electron chi connectivity index (χ0n) is 19.4. The minimum absolute atomic E-state index is 0.0746. The second kappa shape index (κ2) is 9.06. The van der Waals surface area contributed by atoms with Gasteiger partial charge in [-0.2, -0.15) is 4.39 Å². The minimum atomic E-state index is -0.617. The number of nitrogens with zero attached hydrogens (tertiary/aromatic N) is 1. The number of nitrogen functional groups attached to an aromatic ring is 1. The van der Waals surface area contributed by atoms with Gasteiger partial charge >= 0.3 is 0 Å². The van der Waals surface area contributed by atoms with Crippen LogP contribution in [-0.2, 0) is 6.42 Å². The standard InChI is InChI=1S/C27H29FN4O2/c1-15-11-21(12-16(2)31-15)34-20-6-3-17(4-7-20)23-14-24(26(29)32-25(23)28)18-5-8-22-19(13-18)9-10-30-27(22)33/h3-8,13-16,21,31H,9-12H2,1-2H3,(H2,29,32)(H,30,33). The highest BCUT2D eigenvalue weighted by Gasteiger charge is 2.24. The van der Waals surface area contributed by atoms with E-state index in [0.717, 1.165) is 36.1 Å². The van der Waals surface area contributed by atoms with E-state index in [-0.39, 0.29) is 17.8 Å². The van der Waals surface area contributed by atoms with Crippen molar-refractivity contribution in [1.82, 2.24) is 15.6 Å². The summed E-state index contributed by atoms with van der Waals surface area (Å²) < 4.78 is 21.0. The van der Waals surface area contributed by atoms with E-state index in [0.29, 0.717) is 40.9 Å². The fourth-order valence-electron chi connectivity index (χ4n) is 5.04. The summed E-state index contributed by atoms with van der Waals surface area (Å²) in [4.78, 5) is 16.0. The number of rotatable bonds is 4. The number of nitrogens with two attached hydrogens (primary N) is 1. The van der Waals surface area contributed by atoms with Crippen LogP contribution in [0.5, 0.6) is 5.75 Å². The molecule has 2 unspecified atom stereocenters. The normalized spacial score (nSPS) is 22.1. The van der Waals surface area contributed by atoms with Crippen LogP contribution in [0.15, 0.2) is 48.5 Å². The Morgan fingerprint density at radius 1 is 0.971 bits per heavy atom. The first-order valence-corrected chi connectivity index (χ1v) is 11.8. The molecule has 1 saturated heterocycles. The Balaban J connectivity index is 1.41. The Morgan fingerprint density at radius 2 is 1.68 bits per heavy atom. The maximum atomic E-state index is 14.8. The first kappa shape index (κ1) is 22.3. The SMILES string of the molecule is CC1CC(Oc2ccc(-c3cc(-c4ccc5c(c4)CCNC5=O)c(N)nc3F)cc2)CC(C)N1. The molecule has 2 aliphatic rings. The lowest BCUT2D eigenvalue weighted by atomic mass is 9.94. The van der Waals surface area contributed by atoms with Crippen LogP contribution in [0, 0.1) is 5.95 Å². The fourth-order valence-corrected chi connectivity index (χ4v) is 5.04. The van der Waals surface area contributed by atoms with E-state index < -0.39 is 5.95 Å². The summed E-state index contributed by atoms with van der Waals surface area (Å²) in [5.41, 5.74) is 10.2. The number of carbonyl (C=O) groups is 1. The smallest absolute Gasteiger partial charge is 0.251 e. The predicted octanol–water partition coefficient (Wildman–Crippen LogP) is 4.33. The van der Waals surface area contributed by atoms with Crippen molar-refractivity contribution in [3.8, 4) is 28.0 Å². The van der Waals surface area contributed by atoms with Crippen molar-refractivity contribution in [3.05, 3.63) is 65.6 Å². The van der Waals surface area contributed by atoms with Gasteiger partial charge < -0.3 is 21.1 Å². The Bertz CT molecular complexity index is 1220. The van der Waals surface area contributed by atoms with Crippen LogP contribution in [0.3, 0.4) is 0 Å². The molecule has 1 amide bonds. The maximum Gasteiger partial charge on any atom is 0.251 e. The van der Waals surface area contributed by atoms with Crippen molar-refractivity contribution in [2.45, 2.75) is 51.3 Å². The molecule has 0 aliphatic carbocycles. The number of aromatic nitrogens is 1. The topological polar surface area (TPSA) is 89.3 Å². The molecular formula is C27H29FN4O2. The van der Waals surface area contributed by atoms with E-state index in [1.807, 2.05) is 36.4 Å². The number of hydrogen-bond donors (Lipinski definition) is 3. The third-order valence-corrected chi connectivity index (χ3v) is 6.62. The van der Waals surface area contributed by atoms with Gasteiger partial charge in [0, 0.05) is 35.3 Å².